The van der Waals surface area contributed by atoms with Crippen molar-refractivity contribution in [2.24, 2.45) is 5.92 Å². The molecule has 3 nitrogen and oxygen atoms in total. The summed E-state index contributed by atoms with van der Waals surface area (Å²) < 4.78 is 5.68. The summed E-state index contributed by atoms with van der Waals surface area (Å²) in [6.45, 7) is 8.21. The van der Waals surface area contributed by atoms with Gasteiger partial charge in [-0.1, -0.05) is 26.8 Å². The molecule has 0 aliphatic rings. The first-order chi connectivity index (χ1) is 8.19. The maximum absolute atomic E-state index is 5.68. The molecule has 0 bridgehead atoms. The standard InChI is InChI=1S/C14H20N2O/c1-4-11-5-6-13-12(7-11)16-14(17-13)9-15-8-10(2)3/h5-7,10,15H,4,8-9H2,1-3H3. The minimum Gasteiger partial charge on any atom is -0.439 e. The van der Waals surface area contributed by atoms with Gasteiger partial charge < -0.3 is 9.73 Å². The van der Waals surface area contributed by atoms with Gasteiger partial charge in [-0.3, -0.25) is 0 Å². The number of fused-ring (bicyclic) bond motifs is 1. The summed E-state index contributed by atoms with van der Waals surface area (Å²) >= 11 is 0. The minimum atomic E-state index is 0.645. The lowest BCUT2D eigenvalue weighted by Gasteiger charge is -2.03. The second-order valence-electron chi connectivity index (χ2n) is 4.79. The number of nitrogens with zero attached hydrogens (tertiary/aromatic N) is 1. The quantitative estimate of drug-likeness (QED) is 0.860. The molecule has 3 heteroatoms. The third-order valence-electron chi connectivity index (χ3n) is 2.73. The smallest absolute Gasteiger partial charge is 0.209 e. The van der Waals surface area contributed by atoms with Gasteiger partial charge in [0.25, 0.3) is 0 Å². The zero-order chi connectivity index (χ0) is 12.3. The van der Waals surface area contributed by atoms with E-state index in [-0.39, 0.29) is 0 Å². The van der Waals surface area contributed by atoms with Crippen molar-refractivity contribution in [1.82, 2.24) is 10.3 Å². The van der Waals surface area contributed by atoms with Crippen molar-refractivity contribution in [3.8, 4) is 0 Å². The van der Waals surface area contributed by atoms with Crippen molar-refractivity contribution in [3.05, 3.63) is 29.7 Å². The first-order valence-corrected chi connectivity index (χ1v) is 6.28. The highest BCUT2D eigenvalue weighted by atomic mass is 16.3. The molecule has 0 unspecified atom stereocenters. The summed E-state index contributed by atoms with van der Waals surface area (Å²) in [6.07, 6.45) is 1.03. The average molecular weight is 232 g/mol. The van der Waals surface area contributed by atoms with Crippen molar-refractivity contribution in [3.63, 3.8) is 0 Å². The highest BCUT2D eigenvalue weighted by Crippen LogP contribution is 2.17. The Morgan fingerprint density at radius 2 is 2.18 bits per heavy atom. The summed E-state index contributed by atoms with van der Waals surface area (Å²) in [5.74, 6) is 1.42. The van der Waals surface area contributed by atoms with Crippen LogP contribution in [0, 0.1) is 5.92 Å². The molecule has 1 heterocycles. The summed E-state index contributed by atoms with van der Waals surface area (Å²) in [5.41, 5.74) is 3.14. The molecule has 1 aromatic heterocycles. The summed E-state index contributed by atoms with van der Waals surface area (Å²) in [6, 6.07) is 6.21. The molecule has 0 saturated heterocycles. The molecule has 1 aromatic carbocycles. The lowest BCUT2D eigenvalue weighted by molar-refractivity contribution is 0.471. The Balaban J connectivity index is 2.09. The highest BCUT2D eigenvalue weighted by molar-refractivity contribution is 5.73. The summed E-state index contributed by atoms with van der Waals surface area (Å²) in [5, 5.41) is 3.33. The Bertz CT molecular complexity index is 488. The second kappa shape index (κ2) is 5.32. The van der Waals surface area contributed by atoms with Crippen LogP contribution in [0.15, 0.2) is 22.6 Å². The lowest BCUT2D eigenvalue weighted by Crippen LogP contribution is -2.19. The van der Waals surface area contributed by atoms with E-state index in [1.54, 1.807) is 0 Å². The molecular weight excluding hydrogens is 212 g/mol. The Labute approximate surface area is 102 Å². The van der Waals surface area contributed by atoms with E-state index in [2.05, 4.69) is 43.2 Å². The van der Waals surface area contributed by atoms with Gasteiger partial charge in [-0.25, -0.2) is 4.98 Å². The van der Waals surface area contributed by atoms with Crippen molar-refractivity contribution >= 4 is 11.1 Å². The SMILES string of the molecule is CCc1ccc2oc(CNCC(C)C)nc2c1. The number of hydrogen-bond acceptors (Lipinski definition) is 3. The molecule has 1 N–H and O–H groups in total. The second-order valence-corrected chi connectivity index (χ2v) is 4.79. The number of aryl methyl sites for hydroxylation is 1. The third kappa shape index (κ3) is 3.07. The van der Waals surface area contributed by atoms with E-state index in [4.69, 9.17) is 4.42 Å². The molecule has 17 heavy (non-hydrogen) atoms. The van der Waals surface area contributed by atoms with Gasteiger partial charge in [0, 0.05) is 0 Å². The topological polar surface area (TPSA) is 38.1 Å². The first kappa shape index (κ1) is 12.1. The van der Waals surface area contributed by atoms with Crippen LogP contribution in [-0.4, -0.2) is 11.5 Å². The van der Waals surface area contributed by atoms with Crippen molar-refractivity contribution in [2.75, 3.05) is 6.54 Å². The van der Waals surface area contributed by atoms with Crippen molar-refractivity contribution in [2.45, 2.75) is 33.7 Å². The Hall–Kier alpha value is -1.35. The van der Waals surface area contributed by atoms with Crippen LogP contribution >= 0.6 is 0 Å². The third-order valence-corrected chi connectivity index (χ3v) is 2.73. The van der Waals surface area contributed by atoms with Gasteiger partial charge >= 0.3 is 0 Å². The largest absolute Gasteiger partial charge is 0.439 e. The highest BCUT2D eigenvalue weighted by Gasteiger charge is 2.05. The fourth-order valence-electron chi connectivity index (χ4n) is 1.78. The normalized spacial score (nSPS) is 11.5. The summed E-state index contributed by atoms with van der Waals surface area (Å²) in [4.78, 5) is 4.49. The first-order valence-electron chi connectivity index (χ1n) is 6.28. The molecule has 92 valence electrons. The van der Waals surface area contributed by atoms with Gasteiger partial charge in [-0.15, -0.1) is 0 Å². The molecule has 0 fully saturated rings. The predicted molar refractivity (Wildman–Crippen MR) is 69.9 cm³/mol. The van der Waals surface area contributed by atoms with E-state index in [1.807, 2.05) is 6.07 Å². The molecule has 2 aromatic rings. The van der Waals surface area contributed by atoms with E-state index in [0.717, 1.165) is 30.0 Å². The number of rotatable bonds is 5. The van der Waals surface area contributed by atoms with Gasteiger partial charge in [0.15, 0.2) is 5.58 Å². The van der Waals surface area contributed by atoms with E-state index < -0.39 is 0 Å². The monoisotopic (exact) mass is 232 g/mol. The molecular formula is C14H20N2O. The van der Waals surface area contributed by atoms with Crippen LogP contribution in [0.1, 0.15) is 32.2 Å². The van der Waals surface area contributed by atoms with E-state index in [9.17, 15) is 0 Å². The van der Waals surface area contributed by atoms with Gasteiger partial charge in [0.05, 0.1) is 6.54 Å². The van der Waals surface area contributed by atoms with Crippen LogP contribution in [0.3, 0.4) is 0 Å². The van der Waals surface area contributed by atoms with Gasteiger partial charge in [0.2, 0.25) is 5.89 Å². The van der Waals surface area contributed by atoms with Gasteiger partial charge in [0.1, 0.15) is 5.52 Å². The van der Waals surface area contributed by atoms with E-state index >= 15 is 0 Å². The van der Waals surface area contributed by atoms with Crippen LogP contribution in [0.4, 0.5) is 0 Å². The molecule has 0 atom stereocenters. The lowest BCUT2D eigenvalue weighted by atomic mass is 10.1. The van der Waals surface area contributed by atoms with Crippen molar-refractivity contribution < 1.29 is 4.42 Å². The molecule has 2 rings (SSSR count). The van der Waals surface area contributed by atoms with Crippen LogP contribution in [-0.2, 0) is 13.0 Å². The molecule has 0 radical (unpaired) electrons. The molecule has 0 aliphatic carbocycles. The number of benzene rings is 1. The Morgan fingerprint density at radius 3 is 2.88 bits per heavy atom. The number of aromatic nitrogens is 1. The summed E-state index contributed by atoms with van der Waals surface area (Å²) in [7, 11) is 0. The van der Waals surface area contributed by atoms with Gasteiger partial charge in [-0.2, -0.15) is 0 Å². The van der Waals surface area contributed by atoms with Crippen LogP contribution in [0.25, 0.3) is 11.1 Å². The molecule has 0 spiro atoms. The zero-order valence-electron chi connectivity index (χ0n) is 10.8. The fraction of sp³-hybridized carbons (Fsp3) is 0.500. The van der Waals surface area contributed by atoms with Crippen LogP contribution < -0.4 is 5.32 Å². The zero-order valence-corrected chi connectivity index (χ0v) is 10.8. The predicted octanol–water partition coefficient (Wildman–Crippen LogP) is 3.14. The minimum absolute atomic E-state index is 0.645. The van der Waals surface area contributed by atoms with Crippen LogP contribution in [0.2, 0.25) is 0 Å². The number of oxazole rings is 1. The molecule has 0 saturated carbocycles. The number of hydrogen-bond donors (Lipinski definition) is 1. The Kier molecular flexibility index (Phi) is 3.79. The Morgan fingerprint density at radius 1 is 1.35 bits per heavy atom. The van der Waals surface area contributed by atoms with Crippen molar-refractivity contribution in [1.29, 1.82) is 0 Å². The molecule has 0 amide bonds. The molecule has 0 aliphatic heterocycles. The number of nitrogens with one attached hydrogen (secondary N) is 1. The average Bonchev–Trinajstić information content (AvgIpc) is 2.69. The van der Waals surface area contributed by atoms with E-state index in [0.29, 0.717) is 12.5 Å². The van der Waals surface area contributed by atoms with E-state index in [1.165, 1.54) is 5.56 Å². The van der Waals surface area contributed by atoms with Gasteiger partial charge in [-0.05, 0) is 36.6 Å². The fourth-order valence-corrected chi connectivity index (χ4v) is 1.78. The maximum Gasteiger partial charge on any atom is 0.209 e. The maximum atomic E-state index is 5.68. The van der Waals surface area contributed by atoms with Crippen LogP contribution in [0.5, 0.6) is 0 Å².